The molecule has 1 unspecified atom stereocenters. The Morgan fingerprint density at radius 2 is 2.06 bits per heavy atom. The maximum atomic E-state index is 12.6. The molecule has 0 aliphatic rings. The summed E-state index contributed by atoms with van der Waals surface area (Å²) < 4.78 is 41.8. The second-order valence-corrected chi connectivity index (χ2v) is 4.37. The van der Waals surface area contributed by atoms with Gasteiger partial charge in [0.25, 0.3) is 5.60 Å². The maximum absolute atomic E-state index is 12.6. The molecule has 0 aliphatic heterocycles. The van der Waals surface area contributed by atoms with Gasteiger partial charge in [-0.2, -0.15) is 13.2 Å². The third kappa shape index (κ3) is 2.70. The molecule has 0 spiro atoms. The van der Waals surface area contributed by atoms with E-state index in [1.54, 1.807) is 0 Å². The molecule has 0 aromatic carbocycles. The lowest BCUT2D eigenvalue weighted by molar-refractivity contribution is -0.260. The van der Waals surface area contributed by atoms with Crippen LogP contribution in [0.5, 0.6) is 0 Å². The van der Waals surface area contributed by atoms with Crippen molar-refractivity contribution in [1.29, 1.82) is 0 Å². The smallest absolute Gasteiger partial charge is 0.428 e. The van der Waals surface area contributed by atoms with Gasteiger partial charge in [-0.1, -0.05) is 6.07 Å². The van der Waals surface area contributed by atoms with Crippen LogP contribution in [0.1, 0.15) is 16.1 Å². The molecule has 1 atom stereocenters. The number of hydrogen-bond donors (Lipinski definition) is 1. The number of aliphatic hydroxyl groups is 1. The topological polar surface area (TPSA) is 63.6 Å². The molecule has 0 saturated heterocycles. The molecule has 0 radical (unpaired) electrons. The number of halogens is 3. The van der Waals surface area contributed by atoms with Crippen LogP contribution >= 0.6 is 11.3 Å². The minimum Gasteiger partial charge on any atom is -0.467 e. The predicted molar refractivity (Wildman–Crippen MR) is 56.3 cm³/mol. The van der Waals surface area contributed by atoms with Crippen molar-refractivity contribution in [2.45, 2.75) is 18.2 Å². The van der Waals surface area contributed by atoms with Crippen LogP contribution in [-0.2, 0) is 9.53 Å². The van der Waals surface area contributed by atoms with E-state index in [0.717, 1.165) is 11.3 Å². The quantitative estimate of drug-likeness (QED) is 0.675. The molecular weight excluding hydrogens is 273 g/mol. The van der Waals surface area contributed by atoms with Crippen LogP contribution in [0, 0.1) is 0 Å². The van der Waals surface area contributed by atoms with Crippen molar-refractivity contribution in [1.82, 2.24) is 0 Å². The number of esters is 1. The van der Waals surface area contributed by atoms with Crippen molar-refractivity contribution in [2.75, 3.05) is 7.11 Å². The fraction of sp³-hybridized carbons (Fsp3) is 0.400. The van der Waals surface area contributed by atoms with E-state index in [1.165, 1.54) is 17.5 Å². The lowest BCUT2D eigenvalue weighted by Crippen LogP contribution is -2.54. The first-order valence-electron chi connectivity index (χ1n) is 4.66. The van der Waals surface area contributed by atoms with Gasteiger partial charge in [0.05, 0.1) is 18.4 Å². The second kappa shape index (κ2) is 5.07. The van der Waals surface area contributed by atoms with E-state index >= 15 is 0 Å². The zero-order valence-electron chi connectivity index (χ0n) is 9.15. The number of methoxy groups -OCH3 is 1. The van der Waals surface area contributed by atoms with Gasteiger partial charge >= 0.3 is 12.1 Å². The van der Waals surface area contributed by atoms with Crippen LogP contribution < -0.4 is 0 Å². The van der Waals surface area contributed by atoms with E-state index in [0.29, 0.717) is 7.11 Å². The normalized spacial score (nSPS) is 14.9. The number of rotatable bonds is 4. The van der Waals surface area contributed by atoms with Crippen LogP contribution in [0.3, 0.4) is 0 Å². The van der Waals surface area contributed by atoms with Crippen LogP contribution in [-0.4, -0.2) is 35.7 Å². The molecular formula is C10H9F3O4S. The molecule has 4 nitrogen and oxygen atoms in total. The number of ether oxygens (including phenoxy) is 1. The van der Waals surface area contributed by atoms with Crippen LogP contribution in [0.4, 0.5) is 13.2 Å². The Labute approximate surface area is 104 Å². The van der Waals surface area contributed by atoms with Gasteiger partial charge in [-0.25, -0.2) is 4.79 Å². The molecule has 1 heterocycles. The highest BCUT2D eigenvalue weighted by Crippen LogP contribution is 2.35. The average molecular weight is 282 g/mol. The molecule has 18 heavy (non-hydrogen) atoms. The minimum atomic E-state index is -5.28. The molecule has 0 bridgehead atoms. The zero-order valence-corrected chi connectivity index (χ0v) is 9.97. The summed E-state index contributed by atoms with van der Waals surface area (Å²) in [5.74, 6) is -2.88. The number of Topliss-reactive ketones (excluding diaryl/α,β-unsaturated/α-hetero) is 1. The summed E-state index contributed by atoms with van der Waals surface area (Å²) in [6.45, 7) is 0. The largest absolute Gasteiger partial charge is 0.467 e. The highest BCUT2D eigenvalue weighted by molar-refractivity contribution is 7.12. The highest BCUT2D eigenvalue weighted by Gasteiger charge is 2.61. The minimum absolute atomic E-state index is 0.0292. The Hall–Kier alpha value is -1.41. The molecule has 0 aliphatic carbocycles. The van der Waals surface area contributed by atoms with Crippen LogP contribution in [0.2, 0.25) is 0 Å². The predicted octanol–water partition coefficient (Wildman–Crippen LogP) is 1.79. The van der Waals surface area contributed by atoms with E-state index in [9.17, 15) is 27.9 Å². The number of thiophene rings is 1. The SMILES string of the molecule is COC(=O)C(O)(CC(=O)c1cccs1)C(F)(F)F. The maximum Gasteiger partial charge on any atom is 0.428 e. The third-order valence-electron chi connectivity index (χ3n) is 2.20. The van der Waals surface area contributed by atoms with E-state index < -0.39 is 30.0 Å². The lowest BCUT2D eigenvalue weighted by Gasteiger charge is -2.26. The first-order valence-corrected chi connectivity index (χ1v) is 5.54. The Morgan fingerprint density at radius 1 is 1.44 bits per heavy atom. The standard InChI is InChI=1S/C10H9F3O4S/c1-17-8(15)9(16,10(11,12)13)5-6(14)7-3-2-4-18-7/h2-4,16H,5H2,1H3. The lowest BCUT2D eigenvalue weighted by atomic mass is 9.95. The molecule has 0 fully saturated rings. The van der Waals surface area contributed by atoms with E-state index in [4.69, 9.17) is 0 Å². The molecule has 100 valence electrons. The fourth-order valence-electron chi connectivity index (χ4n) is 1.21. The molecule has 1 rings (SSSR count). The van der Waals surface area contributed by atoms with Crippen LogP contribution in [0.25, 0.3) is 0 Å². The summed E-state index contributed by atoms with van der Waals surface area (Å²) in [6.07, 6.45) is -6.68. The van der Waals surface area contributed by atoms with Gasteiger partial charge in [0.1, 0.15) is 0 Å². The van der Waals surface area contributed by atoms with E-state index in [-0.39, 0.29) is 4.88 Å². The number of carbonyl (C=O) groups is 2. The Bertz CT molecular complexity index is 440. The number of carbonyl (C=O) groups excluding carboxylic acids is 2. The van der Waals surface area contributed by atoms with Gasteiger partial charge < -0.3 is 9.84 Å². The van der Waals surface area contributed by atoms with Gasteiger partial charge in [0.2, 0.25) is 0 Å². The van der Waals surface area contributed by atoms with Gasteiger partial charge in [-0.15, -0.1) is 11.3 Å². The Kier molecular flexibility index (Phi) is 4.12. The van der Waals surface area contributed by atoms with Crippen molar-refractivity contribution in [3.63, 3.8) is 0 Å². The highest BCUT2D eigenvalue weighted by atomic mass is 32.1. The molecule has 8 heteroatoms. The summed E-state index contributed by atoms with van der Waals surface area (Å²) in [5.41, 5.74) is -3.82. The number of alkyl halides is 3. The summed E-state index contributed by atoms with van der Waals surface area (Å²) in [6, 6.07) is 2.78. The van der Waals surface area contributed by atoms with Gasteiger partial charge in [-0.05, 0) is 11.4 Å². The van der Waals surface area contributed by atoms with Crippen LogP contribution in [0.15, 0.2) is 17.5 Å². The van der Waals surface area contributed by atoms with E-state index in [1.807, 2.05) is 0 Å². The van der Waals surface area contributed by atoms with Crippen molar-refractivity contribution in [3.8, 4) is 0 Å². The second-order valence-electron chi connectivity index (χ2n) is 3.43. The van der Waals surface area contributed by atoms with Crippen molar-refractivity contribution in [3.05, 3.63) is 22.4 Å². The molecule has 1 aromatic rings. The Morgan fingerprint density at radius 3 is 2.44 bits per heavy atom. The zero-order chi connectivity index (χ0) is 14.0. The summed E-state index contributed by atoms with van der Waals surface area (Å²) >= 11 is 0.922. The molecule has 1 aromatic heterocycles. The number of hydrogen-bond acceptors (Lipinski definition) is 5. The van der Waals surface area contributed by atoms with Gasteiger partial charge in [0.15, 0.2) is 5.78 Å². The molecule has 1 N–H and O–H groups in total. The summed E-state index contributed by atoms with van der Waals surface area (Å²) in [4.78, 5) is 22.6. The summed E-state index contributed by atoms with van der Waals surface area (Å²) in [5, 5.41) is 10.9. The van der Waals surface area contributed by atoms with Crippen molar-refractivity contribution in [2.24, 2.45) is 0 Å². The first-order chi connectivity index (χ1) is 8.22. The molecule has 0 saturated carbocycles. The average Bonchev–Trinajstić information content (AvgIpc) is 2.79. The van der Waals surface area contributed by atoms with Crippen molar-refractivity contribution < 1.29 is 32.6 Å². The Balaban J connectivity index is 3.00. The van der Waals surface area contributed by atoms with Gasteiger partial charge in [-0.3, -0.25) is 4.79 Å². The third-order valence-corrected chi connectivity index (χ3v) is 3.12. The van der Waals surface area contributed by atoms with E-state index in [2.05, 4.69) is 4.74 Å². The number of ketones is 1. The fourth-order valence-corrected chi connectivity index (χ4v) is 1.88. The first kappa shape index (κ1) is 14.7. The summed E-state index contributed by atoms with van der Waals surface area (Å²) in [7, 11) is 0.703. The molecule has 0 amide bonds. The van der Waals surface area contributed by atoms with Crippen molar-refractivity contribution >= 4 is 23.1 Å². The van der Waals surface area contributed by atoms with Gasteiger partial charge in [0, 0.05) is 0 Å². The monoisotopic (exact) mass is 282 g/mol.